The molecule has 0 saturated heterocycles. The van der Waals surface area contributed by atoms with Crippen LogP contribution in [0.15, 0.2) is 24.3 Å². The average molecular weight is 396 g/mol. The number of ether oxygens (including phenoxy) is 1. The van der Waals surface area contributed by atoms with Crippen LogP contribution >= 0.6 is 12.4 Å². The van der Waals surface area contributed by atoms with Crippen LogP contribution in [0.25, 0.3) is 0 Å². The normalized spacial score (nSPS) is 35.4. The van der Waals surface area contributed by atoms with Gasteiger partial charge in [0.1, 0.15) is 5.75 Å². The molecule has 2 saturated carbocycles. The number of esters is 1. The second-order valence-electron chi connectivity index (χ2n) is 9.94. The molecule has 2 fully saturated rings. The highest BCUT2D eigenvalue weighted by Crippen LogP contribution is 2.66. The fourth-order valence-electron chi connectivity index (χ4n) is 5.11. The van der Waals surface area contributed by atoms with Crippen LogP contribution in [0.3, 0.4) is 0 Å². The van der Waals surface area contributed by atoms with Crippen molar-refractivity contribution in [2.24, 2.45) is 27.9 Å². The summed E-state index contributed by atoms with van der Waals surface area (Å²) in [5, 5.41) is 11.9. The van der Waals surface area contributed by atoms with E-state index in [1.165, 1.54) is 0 Å². The molecule has 2 aliphatic carbocycles. The molecule has 0 aliphatic heterocycles. The van der Waals surface area contributed by atoms with Crippen LogP contribution in [0.2, 0.25) is 0 Å². The van der Waals surface area contributed by atoms with E-state index in [0.717, 1.165) is 24.8 Å². The number of rotatable bonds is 3. The Morgan fingerprint density at radius 3 is 2.56 bits per heavy atom. The molecule has 27 heavy (non-hydrogen) atoms. The highest BCUT2D eigenvalue weighted by molar-refractivity contribution is 5.85. The summed E-state index contributed by atoms with van der Waals surface area (Å²) in [6, 6.07) is 7.39. The summed E-state index contributed by atoms with van der Waals surface area (Å²) in [7, 11) is 0. The lowest BCUT2D eigenvalue weighted by molar-refractivity contribution is -0.172. The fourth-order valence-corrected chi connectivity index (χ4v) is 5.11. The van der Waals surface area contributed by atoms with E-state index < -0.39 is 16.4 Å². The zero-order valence-corrected chi connectivity index (χ0v) is 18.0. The number of halogens is 1. The molecule has 4 unspecified atom stereocenters. The van der Waals surface area contributed by atoms with Gasteiger partial charge in [0.05, 0.1) is 11.0 Å². The van der Waals surface area contributed by atoms with Gasteiger partial charge in [-0.1, -0.05) is 26.0 Å². The number of fused-ring (bicyclic) bond motifs is 2. The minimum atomic E-state index is -1.01. The smallest absolute Gasteiger partial charge is 0.316 e. The number of hydrogen-bond acceptors (Lipinski definition) is 4. The van der Waals surface area contributed by atoms with Crippen molar-refractivity contribution in [3.05, 3.63) is 29.8 Å². The maximum Gasteiger partial charge on any atom is 0.316 e. The van der Waals surface area contributed by atoms with Gasteiger partial charge >= 0.3 is 5.97 Å². The molecular formula is C22H34ClNO3. The van der Waals surface area contributed by atoms with Crippen LogP contribution < -0.4 is 10.5 Å². The molecule has 0 radical (unpaired) electrons. The molecule has 152 valence electrons. The van der Waals surface area contributed by atoms with Gasteiger partial charge in [-0.15, -0.1) is 12.4 Å². The molecule has 3 N–H and O–H groups in total. The molecule has 3 rings (SSSR count). The van der Waals surface area contributed by atoms with Crippen LogP contribution in [-0.4, -0.2) is 17.6 Å². The van der Waals surface area contributed by atoms with Crippen molar-refractivity contribution in [1.82, 2.24) is 0 Å². The molecule has 0 spiro atoms. The first-order valence-corrected chi connectivity index (χ1v) is 9.70. The van der Waals surface area contributed by atoms with Gasteiger partial charge in [-0.25, -0.2) is 0 Å². The first kappa shape index (κ1) is 22.2. The van der Waals surface area contributed by atoms with Crippen LogP contribution in [0, 0.1) is 22.2 Å². The van der Waals surface area contributed by atoms with Crippen LogP contribution in [0.5, 0.6) is 5.75 Å². The Bertz CT molecular complexity index is 716. The van der Waals surface area contributed by atoms with E-state index >= 15 is 0 Å². The Morgan fingerprint density at radius 1 is 1.30 bits per heavy atom. The van der Waals surface area contributed by atoms with Gasteiger partial charge in [-0.05, 0) is 75.5 Å². The standard InChI is InChI=1S/C22H33NO3.ClH/c1-19(2,3)18(24)26-17-8-6-7-16(11-17)22(25)13-15-9-10-20(4,12-15)21(22,5)14-23;/h6-8,11,15,25H,9-10,12-14,23H2,1-5H3;1H. The summed E-state index contributed by atoms with van der Waals surface area (Å²) in [6.45, 7) is 10.3. The van der Waals surface area contributed by atoms with Crippen molar-refractivity contribution in [2.45, 2.75) is 65.9 Å². The van der Waals surface area contributed by atoms with E-state index in [4.69, 9.17) is 10.5 Å². The molecule has 0 amide bonds. The molecule has 1 aromatic carbocycles. The van der Waals surface area contributed by atoms with Gasteiger partial charge in [0, 0.05) is 12.0 Å². The van der Waals surface area contributed by atoms with Crippen molar-refractivity contribution >= 4 is 18.4 Å². The van der Waals surface area contributed by atoms with Gasteiger partial charge in [-0.3, -0.25) is 4.79 Å². The third kappa shape index (κ3) is 3.41. The molecular weight excluding hydrogens is 362 g/mol. The third-order valence-electron chi connectivity index (χ3n) is 7.22. The second kappa shape index (κ2) is 7.06. The molecule has 5 heteroatoms. The van der Waals surface area contributed by atoms with Crippen LogP contribution in [0.1, 0.15) is 65.9 Å². The van der Waals surface area contributed by atoms with Crippen molar-refractivity contribution in [1.29, 1.82) is 0 Å². The lowest BCUT2D eigenvalue weighted by atomic mass is 9.50. The summed E-state index contributed by atoms with van der Waals surface area (Å²) >= 11 is 0. The Balaban J connectivity index is 0.00000261. The average Bonchev–Trinajstić information content (AvgIpc) is 2.91. The predicted molar refractivity (Wildman–Crippen MR) is 110 cm³/mol. The zero-order chi connectivity index (χ0) is 19.4. The molecule has 2 aliphatic rings. The second-order valence-corrected chi connectivity index (χ2v) is 9.94. The topological polar surface area (TPSA) is 72.5 Å². The largest absolute Gasteiger partial charge is 0.426 e. The molecule has 2 bridgehead atoms. The summed E-state index contributed by atoms with van der Waals surface area (Å²) in [5.74, 6) is 0.725. The minimum Gasteiger partial charge on any atom is -0.426 e. The lowest BCUT2D eigenvalue weighted by Gasteiger charge is -2.57. The van der Waals surface area contributed by atoms with Gasteiger partial charge in [0.25, 0.3) is 0 Å². The quantitative estimate of drug-likeness (QED) is 0.586. The minimum absolute atomic E-state index is 0. The monoisotopic (exact) mass is 395 g/mol. The Labute approximate surface area is 169 Å². The predicted octanol–water partition coefficient (Wildman–Crippen LogP) is 4.42. The molecule has 1 aromatic rings. The summed E-state index contributed by atoms with van der Waals surface area (Å²) in [5.41, 5.74) is 5.08. The van der Waals surface area contributed by atoms with Crippen molar-refractivity contribution in [3.8, 4) is 5.75 Å². The number of hydrogen-bond donors (Lipinski definition) is 2. The van der Waals surface area contributed by atoms with Crippen LogP contribution in [0.4, 0.5) is 0 Å². The summed E-state index contributed by atoms with van der Waals surface area (Å²) in [6.07, 6.45) is 4.09. The van der Waals surface area contributed by atoms with Gasteiger partial charge in [0.2, 0.25) is 0 Å². The van der Waals surface area contributed by atoms with Gasteiger partial charge in [0.15, 0.2) is 0 Å². The molecule has 0 heterocycles. The third-order valence-corrected chi connectivity index (χ3v) is 7.22. The van der Waals surface area contributed by atoms with Gasteiger partial charge in [-0.2, -0.15) is 0 Å². The molecule has 4 nitrogen and oxygen atoms in total. The maximum absolute atomic E-state index is 12.2. The van der Waals surface area contributed by atoms with E-state index in [0.29, 0.717) is 24.6 Å². The molecule has 4 atom stereocenters. The first-order valence-electron chi connectivity index (χ1n) is 9.70. The highest BCUT2D eigenvalue weighted by Gasteiger charge is 2.64. The zero-order valence-electron chi connectivity index (χ0n) is 17.2. The van der Waals surface area contributed by atoms with E-state index in [2.05, 4.69) is 13.8 Å². The van der Waals surface area contributed by atoms with E-state index in [1.54, 1.807) is 6.07 Å². The van der Waals surface area contributed by atoms with Crippen molar-refractivity contribution in [2.75, 3.05) is 6.54 Å². The fraction of sp³-hybridized carbons (Fsp3) is 0.682. The number of aliphatic hydroxyl groups is 1. The summed E-state index contributed by atoms with van der Waals surface area (Å²) in [4.78, 5) is 12.2. The van der Waals surface area contributed by atoms with Crippen molar-refractivity contribution in [3.63, 3.8) is 0 Å². The number of benzene rings is 1. The van der Waals surface area contributed by atoms with Crippen molar-refractivity contribution < 1.29 is 14.6 Å². The Kier molecular flexibility index (Phi) is 5.80. The number of carbonyl (C=O) groups is 1. The lowest BCUT2D eigenvalue weighted by Crippen LogP contribution is -2.59. The number of nitrogens with two attached hydrogens (primary N) is 1. The van der Waals surface area contributed by atoms with Crippen LogP contribution in [-0.2, 0) is 10.4 Å². The Hall–Kier alpha value is -1.10. The van der Waals surface area contributed by atoms with E-state index in [-0.39, 0.29) is 23.8 Å². The number of carbonyl (C=O) groups excluding carboxylic acids is 1. The maximum atomic E-state index is 12.2. The van der Waals surface area contributed by atoms with E-state index in [9.17, 15) is 9.90 Å². The highest BCUT2D eigenvalue weighted by atomic mass is 35.5. The van der Waals surface area contributed by atoms with Gasteiger partial charge < -0.3 is 15.6 Å². The summed E-state index contributed by atoms with van der Waals surface area (Å²) < 4.78 is 5.57. The Morgan fingerprint density at radius 2 is 1.96 bits per heavy atom. The first-order chi connectivity index (χ1) is 12.0. The SMILES string of the molecule is CC(C)(C)C(=O)Oc1cccc(C2(O)CC3CCC(C)(C3)C2(C)CN)c1.Cl. The molecule has 0 aromatic heterocycles. The van der Waals surface area contributed by atoms with E-state index in [1.807, 2.05) is 39.0 Å².